The minimum Gasteiger partial charge on any atom is -0.507 e. The molecule has 4 heteroatoms. The van der Waals surface area contributed by atoms with Crippen LogP contribution >= 0.6 is 11.6 Å². The summed E-state index contributed by atoms with van der Waals surface area (Å²) in [6.45, 7) is 0. The number of hydrogen-bond acceptors (Lipinski definition) is 2. The van der Waals surface area contributed by atoms with Crippen LogP contribution in [0, 0.1) is 0 Å². The van der Waals surface area contributed by atoms with E-state index in [0.29, 0.717) is 5.28 Å². The molecule has 2 aromatic carbocycles. The number of imidazole rings is 1. The number of rotatable bonds is 0. The average molecular weight is 219 g/mol. The maximum atomic E-state index is 9.79. The number of fused-ring (bicyclic) bond motifs is 3. The van der Waals surface area contributed by atoms with Crippen molar-refractivity contribution in [2.45, 2.75) is 0 Å². The minimum atomic E-state index is 0.235. The third-order valence-corrected chi connectivity index (χ3v) is 2.62. The van der Waals surface area contributed by atoms with Crippen LogP contribution in [-0.4, -0.2) is 15.1 Å². The molecular weight excluding hydrogens is 212 g/mol. The van der Waals surface area contributed by atoms with Gasteiger partial charge in [-0.15, -0.1) is 0 Å². The lowest BCUT2D eigenvalue weighted by Gasteiger charge is -2.00. The van der Waals surface area contributed by atoms with Crippen molar-refractivity contribution in [3.63, 3.8) is 0 Å². The van der Waals surface area contributed by atoms with E-state index in [0.717, 1.165) is 21.8 Å². The fraction of sp³-hybridized carbons (Fsp3) is 0. The van der Waals surface area contributed by atoms with Crippen LogP contribution in [-0.2, 0) is 0 Å². The molecule has 0 saturated heterocycles. The Morgan fingerprint density at radius 2 is 1.93 bits per heavy atom. The van der Waals surface area contributed by atoms with Gasteiger partial charge in [0.05, 0.1) is 11.0 Å². The van der Waals surface area contributed by atoms with Crippen LogP contribution in [0.15, 0.2) is 30.3 Å². The highest BCUT2D eigenvalue weighted by atomic mass is 35.5. The van der Waals surface area contributed by atoms with E-state index in [4.69, 9.17) is 11.6 Å². The van der Waals surface area contributed by atoms with E-state index in [9.17, 15) is 5.11 Å². The lowest BCUT2D eigenvalue weighted by Crippen LogP contribution is -1.77. The molecule has 3 nitrogen and oxygen atoms in total. The summed E-state index contributed by atoms with van der Waals surface area (Å²) in [5, 5.41) is 11.8. The molecule has 2 N–H and O–H groups in total. The van der Waals surface area contributed by atoms with Crippen LogP contribution in [0.4, 0.5) is 0 Å². The molecule has 1 heterocycles. The van der Waals surface area contributed by atoms with E-state index in [-0.39, 0.29) is 5.75 Å². The quantitative estimate of drug-likeness (QED) is 0.609. The first-order chi connectivity index (χ1) is 7.25. The third kappa shape index (κ3) is 1.17. The van der Waals surface area contributed by atoms with Crippen LogP contribution in [0.25, 0.3) is 21.8 Å². The fourth-order valence-corrected chi connectivity index (χ4v) is 1.98. The lowest BCUT2D eigenvalue weighted by molar-refractivity contribution is 0.482. The molecule has 0 fully saturated rings. The van der Waals surface area contributed by atoms with Gasteiger partial charge in [0.15, 0.2) is 0 Å². The van der Waals surface area contributed by atoms with Crippen LogP contribution in [0.3, 0.4) is 0 Å². The second-order valence-electron chi connectivity index (χ2n) is 3.37. The number of aromatic nitrogens is 2. The van der Waals surface area contributed by atoms with Gasteiger partial charge in [0.25, 0.3) is 0 Å². The second-order valence-corrected chi connectivity index (χ2v) is 3.72. The lowest BCUT2D eigenvalue weighted by atomic mass is 10.1. The largest absolute Gasteiger partial charge is 0.507 e. The van der Waals surface area contributed by atoms with Gasteiger partial charge in [-0.05, 0) is 11.6 Å². The van der Waals surface area contributed by atoms with Gasteiger partial charge in [-0.25, -0.2) is 4.98 Å². The molecule has 0 bridgehead atoms. The molecule has 15 heavy (non-hydrogen) atoms. The SMILES string of the molecule is Oc1cc2[nH]c(Cl)nc2c2ccccc12. The number of H-pyrrole nitrogens is 1. The van der Waals surface area contributed by atoms with Crippen LogP contribution in [0.1, 0.15) is 0 Å². The van der Waals surface area contributed by atoms with Crippen molar-refractivity contribution in [1.29, 1.82) is 0 Å². The van der Waals surface area contributed by atoms with Crippen molar-refractivity contribution in [2.75, 3.05) is 0 Å². The maximum Gasteiger partial charge on any atom is 0.201 e. The van der Waals surface area contributed by atoms with E-state index in [2.05, 4.69) is 9.97 Å². The summed E-state index contributed by atoms with van der Waals surface area (Å²) < 4.78 is 0. The van der Waals surface area contributed by atoms with Crippen LogP contribution in [0.2, 0.25) is 5.28 Å². The summed E-state index contributed by atoms with van der Waals surface area (Å²) in [4.78, 5) is 7.07. The Morgan fingerprint density at radius 1 is 1.20 bits per heavy atom. The molecule has 74 valence electrons. The smallest absolute Gasteiger partial charge is 0.201 e. The number of benzene rings is 2. The summed E-state index contributed by atoms with van der Waals surface area (Å²) in [6.07, 6.45) is 0. The fourth-order valence-electron chi connectivity index (χ4n) is 1.79. The number of phenolic OH excluding ortho intramolecular Hbond substituents is 1. The predicted molar refractivity (Wildman–Crippen MR) is 60.3 cm³/mol. The van der Waals surface area contributed by atoms with Crippen molar-refractivity contribution in [3.8, 4) is 5.75 Å². The van der Waals surface area contributed by atoms with Gasteiger partial charge >= 0.3 is 0 Å². The normalized spacial score (nSPS) is 11.3. The van der Waals surface area contributed by atoms with Gasteiger partial charge in [-0.3, -0.25) is 0 Å². The Balaban J connectivity index is 2.62. The molecule has 0 aliphatic rings. The zero-order valence-electron chi connectivity index (χ0n) is 7.66. The molecule has 0 saturated carbocycles. The van der Waals surface area contributed by atoms with Gasteiger partial charge in [0.1, 0.15) is 5.75 Å². The first-order valence-electron chi connectivity index (χ1n) is 4.51. The van der Waals surface area contributed by atoms with Gasteiger partial charge in [-0.1, -0.05) is 24.3 Å². The highest BCUT2D eigenvalue weighted by Crippen LogP contribution is 2.31. The van der Waals surface area contributed by atoms with Crippen molar-refractivity contribution in [2.24, 2.45) is 0 Å². The Labute approximate surface area is 90.3 Å². The number of aromatic amines is 1. The van der Waals surface area contributed by atoms with Gasteiger partial charge in [0.2, 0.25) is 5.28 Å². The van der Waals surface area contributed by atoms with E-state index in [1.54, 1.807) is 6.07 Å². The van der Waals surface area contributed by atoms with Crippen molar-refractivity contribution in [3.05, 3.63) is 35.6 Å². The second kappa shape index (κ2) is 2.87. The summed E-state index contributed by atoms with van der Waals surface area (Å²) in [5.41, 5.74) is 1.53. The van der Waals surface area contributed by atoms with Gasteiger partial charge < -0.3 is 10.1 Å². The van der Waals surface area contributed by atoms with E-state index in [1.165, 1.54) is 0 Å². The van der Waals surface area contributed by atoms with E-state index < -0.39 is 0 Å². The summed E-state index contributed by atoms with van der Waals surface area (Å²) in [7, 11) is 0. The zero-order chi connectivity index (χ0) is 10.4. The maximum absolute atomic E-state index is 9.79. The molecule has 1 aromatic heterocycles. The molecule has 0 aliphatic carbocycles. The van der Waals surface area contributed by atoms with Crippen molar-refractivity contribution >= 4 is 33.4 Å². The molecular formula is C11H7ClN2O. The number of halogens is 1. The Bertz CT molecular complexity index is 660. The summed E-state index contributed by atoms with van der Waals surface area (Å²) in [6, 6.07) is 9.18. The van der Waals surface area contributed by atoms with Crippen LogP contribution < -0.4 is 0 Å². The van der Waals surface area contributed by atoms with E-state index >= 15 is 0 Å². The van der Waals surface area contributed by atoms with Crippen molar-refractivity contribution < 1.29 is 5.11 Å². The first kappa shape index (κ1) is 8.56. The minimum absolute atomic E-state index is 0.235. The Morgan fingerprint density at radius 3 is 2.73 bits per heavy atom. The molecule has 0 amide bonds. The average Bonchev–Trinajstić information content (AvgIpc) is 2.59. The standard InChI is InChI=1S/C11H7ClN2O/c12-11-13-8-5-9(15)6-3-1-2-4-7(6)10(8)14-11/h1-5,15H,(H,13,14). The van der Waals surface area contributed by atoms with Gasteiger partial charge in [-0.2, -0.15) is 0 Å². The number of phenols is 1. The monoisotopic (exact) mass is 218 g/mol. The number of nitrogens with zero attached hydrogens (tertiary/aromatic N) is 1. The Hall–Kier alpha value is -1.74. The molecule has 0 atom stereocenters. The van der Waals surface area contributed by atoms with E-state index in [1.807, 2.05) is 24.3 Å². The van der Waals surface area contributed by atoms with Crippen molar-refractivity contribution in [1.82, 2.24) is 9.97 Å². The molecule has 0 spiro atoms. The third-order valence-electron chi connectivity index (χ3n) is 2.44. The highest BCUT2D eigenvalue weighted by Gasteiger charge is 2.08. The number of nitrogens with one attached hydrogen (secondary N) is 1. The zero-order valence-corrected chi connectivity index (χ0v) is 8.42. The number of hydrogen-bond donors (Lipinski definition) is 2. The predicted octanol–water partition coefficient (Wildman–Crippen LogP) is 3.08. The molecule has 0 radical (unpaired) electrons. The topological polar surface area (TPSA) is 48.9 Å². The van der Waals surface area contributed by atoms with Gasteiger partial charge in [0, 0.05) is 16.8 Å². The molecule has 0 unspecified atom stereocenters. The summed E-state index contributed by atoms with van der Waals surface area (Å²) in [5.74, 6) is 0.235. The molecule has 3 rings (SSSR count). The summed E-state index contributed by atoms with van der Waals surface area (Å²) >= 11 is 5.79. The molecule has 0 aliphatic heterocycles. The first-order valence-corrected chi connectivity index (χ1v) is 4.89. The molecule has 3 aromatic rings. The van der Waals surface area contributed by atoms with Crippen LogP contribution in [0.5, 0.6) is 5.75 Å². The Kier molecular flexibility index (Phi) is 1.64. The highest BCUT2D eigenvalue weighted by molar-refractivity contribution is 6.29. The number of aromatic hydroxyl groups is 1.